The van der Waals surface area contributed by atoms with E-state index >= 15 is 0 Å². The minimum Gasteiger partial charge on any atom is -0.493 e. The molecule has 32 heavy (non-hydrogen) atoms. The predicted octanol–water partition coefficient (Wildman–Crippen LogP) is 4.53. The van der Waals surface area contributed by atoms with E-state index in [1.54, 1.807) is 47.8 Å². The lowest BCUT2D eigenvalue weighted by atomic mass is 10.1. The Kier molecular flexibility index (Phi) is 6.43. The molecular weight excluding hydrogens is 426 g/mol. The van der Waals surface area contributed by atoms with Gasteiger partial charge < -0.3 is 14.0 Å². The van der Waals surface area contributed by atoms with Gasteiger partial charge in [0.15, 0.2) is 11.5 Å². The Balaban J connectivity index is 1.45. The highest BCUT2D eigenvalue weighted by atomic mass is 32.1. The summed E-state index contributed by atoms with van der Waals surface area (Å²) in [5.41, 5.74) is 4.46. The number of nitrogens with one attached hydrogen (secondary N) is 1. The van der Waals surface area contributed by atoms with Crippen molar-refractivity contribution in [1.29, 1.82) is 0 Å². The molecule has 0 saturated heterocycles. The van der Waals surface area contributed by atoms with Gasteiger partial charge in [-0.25, -0.2) is 10.2 Å². The van der Waals surface area contributed by atoms with Gasteiger partial charge in [0.25, 0.3) is 5.91 Å². The van der Waals surface area contributed by atoms with Crippen LogP contribution in [0.5, 0.6) is 11.5 Å². The Bertz CT molecular complexity index is 1250. The summed E-state index contributed by atoms with van der Waals surface area (Å²) in [6.45, 7) is 0. The molecule has 0 aliphatic rings. The van der Waals surface area contributed by atoms with Crippen molar-refractivity contribution in [1.82, 2.24) is 9.99 Å². The molecule has 0 fully saturated rings. The minimum absolute atomic E-state index is 0.299. The van der Waals surface area contributed by atoms with E-state index in [1.807, 2.05) is 41.2 Å². The van der Waals surface area contributed by atoms with Crippen molar-refractivity contribution in [2.45, 2.75) is 0 Å². The number of benzene rings is 2. The number of hydrazone groups is 1. The molecule has 0 bridgehead atoms. The summed E-state index contributed by atoms with van der Waals surface area (Å²) < 4.78 is 12.6. The molecule has 0 spiro atoms. The van der Waals surface area contributed by atoms with Crippen molar-refractivity contribution in [3.8, 4) is 17.2 Å². The molecule has 1 amide bonds. The molecule has 0 unspecified atom stereocenters. The fraction of sp³-hybridized carbons (Fsp3) is 0.0417. The maximum absolute atomic E-state index is 12.6. The van der Waals surface area contributed by atoms with Crippen LogP contribution in [0.25, 0.3) is 5.69 Å². The highest BCUT2D eigenvalue weighted by Gasteiger charge is 2.14. The lowest BCUT2D eigenvalue weighted by Crippen LogP contribution is -2.19. The maximum atomic E-state index is 12.6. The van der Waals surface area contributed by atoms with Crippen LogP contribution in [0.3, 0.4) is 0 Å². The Morgan fingerprint density at radius 3 is 2.56 bits per heavy atom. The zero-order valence-corrected chi connectivity index (χ0v) is 17.9. The molecule has 4 rings (SSSR count). The topological polar surface area (TPSA) is 81.9 Å². The molecule has 2 aromatic heterocycles. The smallest absolute Gasteiger partial charge is 0.353 e. The number of hydrogen-bond donors (Lipinski definition) is 1. The number of esters is 1. The number of nitrogens with zero attached hydrogens (tertiary/aromatic N) is 2. The molecule has 0 aliphatic heterocycles. The third-order valence-electron chi connectivity index (χ3n) is 4.52. The number of carbonyl (C=O) groups is 2. The molecule has 2 aromatic carbocycles. The summed E-state index contributed by atoms with van der Waals surface area (Å²) in [5, 5.41) is 5.86. The molecule has 0 aliphatic carbocycles. The van der Waals surface area contributed by atoms with E-state index in [4.69, 9.17) is 9.47 Å². The van der Waals surface area contributed by atoms with Gasteiger partial charge in [-0.2, -0.15) is 5.10 Å². The summed E-state index contributed by atoms with van der Waals surface area (Å²) in [4.78, 5) is 25.3. The van der Waals surface area contributed by atoms with Gasteiger partial charge in [-0.05, 0) is 59.5 Å². The molecule has 0 radical (unpaired) electrons. The number of amides is 1. The van der Waals surface area contributed by atoms with Crippen LogP contribution in [0, 0.1) is 0 Å². The second-order valence-electron chi connectivity index (χ2n) is 6.58. The first-order valence-corrected chi connectivity index (χ1v) is 10.5. The van der Waals surface area contributed by atoms with Crippen molar-refractivity contribution in [2.24, 2.45) is 5.10 Å². The second-order valence-corrected chi connectivity index (χ2v) is 7.53. The number of carbonyl (C=O) groups excluding carboxylic acids is 2. The first-order chi connectivity index (χ1) is 15.7. The predicted molar refractivity (Wildman–Crippen MR) is 123 cm³/mol. The largest absolute Gasteiger partial charge is 0.493 e. The van der Waals surface area contributed by atoms with Crippen LogP contribution in [0.4, 0.5) is 0 Å². The Morgan fingerprint density at radius 2 is 1.81 bits per heavy atom. The minimum atomic E-state index is -0.451. The van der Waals surface area contributed by atoms with E-state index in [0.717, 1.165) is 5.69 Å². The second kappa shape index (κ2) is 9.76. The zero-order valence-electron chi connectivity index (χ0n) is 17.1. The Morgan fingerprint density at radius 1 is 1.00 bits per heavy atom. The molecule has 4 aromatic rings. The van der Waals surface area contributed by atoms with Crippen LogP contribution in [0.1, 0.15) is 25.6 Å². The van der Waals surface area contributed by atoms with Gasteiger partial charge >= 0.3 is 5.97 Å². The summed E-state index contributed by atoms with van der Waals surface area (Å²) in [6.07, 6.45) is 5.23. The average molecular weight is 446 g/mol. The molecule has 1 N–H and O–H groups in total. The van der Waals surface area contributed by atoms with Gasteiger partial charge in [0.1, 0.15) is 4.88 Å². The lowest BCUT2D eigenvalue weighted by Gasteiger charge is -2.10. The summed E-state index contributed by atoms with van der Waals surface area (Å²) in [6, 6.07) is 19.5. The summed E-state index contributed by atoms with van der Waals surface area (Å²) in [7, 11) is 1.48. The molecule has 0 saturated carbocycles. The van der Waals surface area contributed by atoms with Crippen LogP contribution in [0.15, 0.2) is 89.6 Å². The quantitative estimate of drug-likeness (QED) is 0.196. The number of rotatable bonds is 7. The van der Waals surface area contributed by atoms with E-state index in [1.165, 1.54) is 24.7 Å². The zero-order chi connectivity index (χ0) is 22.3. The maximum Gasteiger partial charge on any atom is 0.353 e. The van der Waals surface area contributed by atoms with E-state index in [0.29, 0.717) is 27.5 Å². The lowest BCUT2D eigenvalue weighted by molar-refractivity contribution is 0.0734. The van der Waals surface area contributed by atoms with Crippen molar-refractivity contribution in [3.63, 3.8) is 0 Å². The number of methoxy groups -OCH3 is 1. The van der Waals surface area contributed by atoms with Crippen molar-refractivity contribution in [3.05, 3.63) is 101 Å². The first-order valence-electron chi connectivity index (χ1n) is 9.65. The number of para-hydroxylation sites is 1. The molecule has 7 nitrogen and oxygen atoms in total. The van der Waals surface area contributed by atoms with E-state index in [2.05, 4.69) is 10.5 Å². The van der Waals surface area contributed by atoms with Gasteiger partial charge in [-0.15, -0.1) is 11.3 Å². The van der Waals surface area contributed by atoms with Crippen molar-refractivity contribution in [2.75, 3.05) is 7.11 Å². The molecular formula is C24H19N3O4S. The monoisotopic (exact) mass is 445 g/mol. The van der Waals surface area contributed by atoms with Crippen LogP contribution >= 0.6 is 11.3 Å². The molecule has 2 heterocycles. The van der Waals surface area contributed by atoms with E-state index in [9.17, 15) is 9.59 Å². The van der Waals surface area contributed by atoms with Crippen LogP contribution in [0.2, 0.25) is 0 Å². The van der Waals surface area contributed by atoms with Gasteiger partial charge in [-0.3, -0.25) is 4.79 Å². The van der Waals surface area contributed by atoms with Crippen LogP contribution in [-0.2, 0) is 0 Å². The summed E-state index contributed by atoms with van der Waals surface area (Å²) in [5.74, 6) is -0.108. The van der Waals surface area contributed by atoms with Crippen LogP contribution in [-0.4, -0.2) is 29.8 Å². The highest BCUT2D eigenvalue weighted by Crippen LogP contribution is 2.29. The van der Waals surface area contributed by atoms with Crippen molar-refractivity contribution < 1.29 is 19.1 Å². The fourth-order valence-corrected chi connectivity index (χ4v) is 3.60. The third-order valence-corrected chi connectivity index (χ3v) is 5.37. The van der Waals surface area contributed by atoms with Gasteiger partial charge in [-0.1, -0.05) is 18.2 Å². The SMILES string of the molecule is COc1cc(/C=N/NC(=O)c2ccccc2-n2cccc2)ccc1OC(=O)c1cccs1. The number of ether oxygens (including phenoxy) is 2. The van der Waals surface area contributed by atoms with E-state index in [-0.39, 0.29) is 5.91 Å². The van der Waals surface area contributed by atoms with Gasteiger partial charge in [0, 0.05) is 12.4 Å². The molecule has 160 valence electrons. The van der Waals surface area contributed by atoms with Crippen LogP contribution < -0.4 is 14.9 Å². The highest BCUT2D eigenvalue weighted by molar-refractivity contribution is 7.12. The normalized spacial score (nSPS) is 10.8. The number of hydrogen-bond acceptors (Lipinski definition) is 6. The average Bonchev–Trinajstić information content (AvgIpc) is 3.54. The molecule has 0 atom stereocenters. The van der Waals surface area contributed by atoms with Gasteiger partial charge in [0.05, 0.1) is 24.6 Å². The van der Waals surface area contributed by atoms with Gasteiger partial charge in [0.2, 0.25) is 0 Å². The summed E-state index contributed by atoms with van der Waals surface area (Å²) >= 11 is 1.30. The van der Waals surface area contributed by atoms with E-state index < -0.39 is 5.97 Å². The number of aromatic nitrogens is 1. The third kappa shape index (κ3) is 4.76. The Hall–Kier alpha value is -4.17. The fourth-order valence-electron chi connectivity index (χ4n) is 3.01. The number of thiophene rings is 1. The molecule has 8 heteroatoms. The standard InChI is InChI=1S/C24H19N3O4S/c1-30-21-15-17(10-11-20(21)31-24(29)22-9-6-14-32-22)16-25-26-23(28)18-7-2-3-8-19(18)27-12-4-5-13-27/h2-16H,1H3,(H,26,28)/b25-16+. The first kappa shape index (κ1) is 21.1. The Labute approximate surface area is 188 Å². The van der Waals surface area contributed by atoms with Crippen molar-refractivity contribution >= 4 is 29.4 Å².